The van der Waals surface area contributed by atoms with Crippen molar-refractivity contribution in [3.05, 3.63) is 45.7 Å². The zero-order chi connectivity index (χ0) is 22.9. The van der Waals surface area contributed by atoms with Crippen molar-refractivity contribution in [3.63, 3.8) is 0 Å². The number of hydrogen-bond donors (Lipinski definition) is 1. The van der Waals surface area contributed by atoms with Crippen molar-refractivity contribution in [2.75, 3.05) is 5.01 Å². The van der Waals surface area contributed by atoms with E-state index in [0.717, 1.165) is 5.01 Å². The topological polar surface area (TPSA) is 79.6 Å². The van der Waals surface area contributed by atoms with E-state index in [2.05, 4.69) is 29.4 Å². The van der Waals surface area contributed by atoms with Gasteiger partial charge in [0.05, 0.1) is 10.0 Å². The number of nitrogens with one attached hydrogen (secondary N) is 1. The molecule has 0 fully saturated rings. The van der Waals surface area contributed by atoms with Gasteiger partial charge >= 0.3 is 0 Å². The summed E-state index contributed by atoms with van der Waals surface area (Å²) < 4.78 is 1.44. The molecular formula is C21H24Cl3N5O2. The molecule has 0 bridgehead atoms. The van der Waals surface area contributed by atoms with Crippen LogP contribution in [0.2, 0.25) is 15.1 Å². The lowest BCUT2D eigenvalue weighted by atomic mass is 9.79. The first-order valence-electron chi connectivity index (χ1n) is 9.95. The van der Waals surface area contributed by atoms with Crippen molar-refractivity contribution in [2.24, 2.45) is 16.4 Å². The fourth-order valence-corrected chi connectivity index (χ4v) is 4.65. The maximum absolute atomic E-state index is 13.3. The summed E-state index contributed by atoms with van der Waals surface area (Å²) in [5.41, 5.74) is -0.420. The SMILES string of the molecule is CCC(C)(CC(C)C)C(=O)NC1=NN(c2c(Cl)cc(Cl)cc2Cl)C(=O)C1n1cccn1. The molecule has 0 radical (unpaired) electrons. The Hall–Kier alpha value is -2.09. The van der Waals surface area contributed by atoms with Crippen molar-refractivity contribution in [3.8, 4) is 0 Å². The van der Waals surface area contributed by atoms with Crippen molar-refractivity contribution in [2.45, 2.75) is 46.6 Å². The van der Waals surface area contributed by atoms with E-state index in [1.165, 1.54) is 16.8 Å². The normalized spacial score (nSPS) is 18.3. The summed E-state index contributed by atoms with van der Waals surface area (Å²) in [6.45, 7) is 8.01. The van der Waals surface area contributed by atoms with E-state index in [0.29, 0.717) is 23.8 Å². The zero-order valence-electron chi connectivity index (χ0n) is 17.7. The maximum Gasteiger partial charge on any atom is 0.280 e. The summed E-state index contributed by atoms with van der Waals surface area (Å²) in [5.74, 6) is -0.174. The molecule has 0 saturated carbocycles. The van der Waals surface area contributed by atoms with Crippen molar-refractivity contribution < 1.29 is 9.59 Å². The number of carbonyl (C=O) groups excluding carboxylic acids is 2. The number of halogens is 3. The fourth-order valence-electron chi connectivity index (χ4n) is 3.67. The van der Waals surface area contributed by atoms with Gasteiger partial charge in [0.2, 0.25) is 5.91 Å². The molecule has 2 aromatic rings. The van der Waals surface area contributed by atoms with Gasteiger partial charge in [0.25, 0.3) is 5.91 Å². The van der Waals surface area contributed by atoms with Gasteiger partial charge in [-0.2, -0.15) is 10.1 Å². The lowest BCUT2D eigenvalue weighted by molar-refractivity contribution is -0.129. The Morgan fingerprint density at radius 3 is 2.42 bits per heavy atom. The van der Waals surface area contributed by atoms with Crippen LogP contribution in [0.5, 0.6) is 0 Å². The summed E-state index contributed by atoms with van der Waals surface area (Å²) in [4.78, 5) is 26.5. The molecule has 166 valence electrons. The third kappa shape index (κ3) is 4.73. The highest BCUT2D eigenvalue weighted by molar-refractivity contribution is 6.42. The molecular weight excluding hydrogens is 461 g/mol. The number of hydrazone groups is 1. The molecule has 1 aromatic heterocycles. The molecule has 31 heavy (non-hydrogen) atoms. The molecule has 0 saturated heterocycles. The van der Waals surface area contributed by atoms with Crippen molar-refractivity contribution in [1.29, 1.82) is 0 Å². The van der Waals surface area contributed by atoms with E-state index < -0.39 is 17.4 Å². The van der Waals surface area contributed by atoms with Gasteiger partial charge in [-0.05, 0) is 37.0 Å². The van der Waals surface area contributed by atoms with Crippen LogP contribution < -0.4 is 10.3 Å². The Labute approximate surface area is 196 Å². The number of nitrogens with zero attached hydrogens (tertiary/aromatic N) is 4. The monoisotopic (exact) mass is 483 g/mol. The number of carbonyl (C=O) groups is 2. The Morgan fingerprint density at radius 2 is 1.90 bits per heavy atom. The minimum absolute atomic E-state index is 0.157. The van der Waals surface area contributed by atoms with E-state index in [1.807, 2.05) is 13.8 Å². The van der Waals surface area contributed by atoms with Crippen LogP contribution in [-0.4, -0.2) is 27.4 Å². The van der Waals surface area contributed by atoms with Crippen LogP contribution in [0.1, 0.15) is 46.6 Å². The zero-order valence-corrected chi connectivity index (χ0v) is 20.0. The number of amidine groups is 1. The second-order valence-corrected chi connectivity index (χ2v) is 9.46. The third-order valence-corrected chi connectivity index (χ3v) is 6.12. The second kappa shape index (κ2) is 9.18. The number of anilines is 1. The van der Waals surface area contributed by atoms with E-state index in [1.54, 1.807) is 18.5 Å². The van der Waals surface area contributed by atoms with Crippen LogP contribution in [0.15, 0.2) is 35.7 Å². The van der Waals surface area contributed by atoms with Gasteiger partial charge < -0.3 is 5.32 Å². The number of hydrogen-bond acceptors (Lipinski definition) is 4. The van der Waals surface area contributed by atoms with Gasteiger partial charge in [0, 0.05) is 22.8 Å². The average Bonchev–Trinajstić information content (AvgIpc) is 3.29. The van der Waals surface area contributed by atoms with Crippen LogP contribution in [0.3, 0.4) is 0 Å². The van der Waals surface area contributed by atoms with Gasteiger partial charge in [0.1, 0.15) is 5.69 Å². The highest BCUT2D eigenvalue weighted by Crippen LogP contribution is 2.40. The molecule has 0 spiro atoms. The predicted octanol–water partition coefficient (Wildman–Crippen LogP) is 5.32. The molecule has 1 aliphatic heterocycles. The molecule has 2 amide bonds. The Morgan fingerprint density at radius 1 is 1.26 bits per heavy atom. The van der Waals surface area contributed by atoms with Gasteiger partial charge in [-0.1, -0.05) is 62.5 Å². The quantitative estimate of drug-likeness (QED) is 0.602. The first kappa shape index (κ1) is 23.6. The molecule has 1 aromatic carbocycles. The summed E-state index contributed by atoms with van der Waals surface area (Å²) in [6, 6.07) is 3.68. The molecule has 2 atom stereocenters. The lowest BCUT2D eigenvalue weighted by Crippen LogP contribution is -2.45. The fraction of sp³-hybridized carbons (Fsp3) is 0.429. The predicted molar refractivity (Wildman–Crippen MR) is 124 cm³/mol. The molecule has 1 N–H and O–H groups in total. The first-order chi connectivity index (χ1) is 14.6. The largest absolute Gasteiger partial charge is 0.310 e. The van der Waals surface area contributed by atoms with E-state index in [-0.39, 0.29) is 27.5 Å². The number of amides is 2. The molecule has 2 unspecified atom stereocenters. The summed E-state index contributed by atoms with van der Waals surface area (Å²) >= 11 is 18.6. The maximum atomic E-state index is 13.3. The van der Waals surface area contributed by atoms with Crippen molar-refractivity contribution in [1.82, 2.24) is 15.1 Å². The van der Waals surface area contributed by atoms with Crippen LogP contribution in [0, 0.1) is 11.3 Å². The minimum atomic E-state index is -0.957. The number of rotatable bonds is 6. The van der Waals surface area contributed by atoms with Crippen LogP contribution in [0.4, 0.5) is 5.69 Å². The standard InChI is InChI=1S/C21H24Cl3N5O2/c1-5-21(4,11-12(2)3)20(31)26-18-17(28-8-6-7-25-28)19(30)29(27-18)16-14(23)9-13(22)10-15(16)24/h6-10,12,17H,5,11H2,1-4H3,(H,26,27,31). The van der Waals surface area contributed by atoms with Crippen LogP contribution >= 0.6 is 34.8 Å². The van der Waals surface area contributed by atoms with Crippen LogP contribution in [0.25, 0.3) is 0 Å². The second-order valence-electron chi connectivity index (χ2n) is 8.21. The smallest absolute Gasteiger partial charge is 0.280 e. The average molecular weight is 485 g/mol. The van der Waals surface area contributed by atoms with Gasteiger partial charge in [0.15, 0.2) is 11.9 Å². The van der Waals surface area contributed by atoms with E-state index in [4.69, 9.17) is 34.8 Å². The third-order valence-electron chi connectivity index (χ3n) is 5.32. The molecule has 2 heterocycles. The Balaban J connectivity index is 2.02. The Bertz CT molecular complexity index is 999. The summed E-state index contributed by atoms with van der Waals surface area (Å²) in [6.07, 6.45) is 4.52. The molecule has 7 nitrogen and oxygen atoms in total. The minimum Gasteiger partial charge on any atom is -0.310 e. The number of benzene rings is 1. The van der Waals surface area contributed by atoms with Crippen molar-refractivity contribution >= 4 is 58.1 Å². The Kier molecular flexibility index (Phi) is 6.98. The summed E-state index contributed by atoms with van der Waals surface area (Å²) in [7, 11) is 0. The lowest BCUT2D eigenvalue weighted by Gasteiger charge is -2.29. The summed E-state index contributed by atoms with van der Waals surface area (Å²) in [5, 5.41) is 13.2. The number of aromatic nitrogens is 2. The van der Waals surface area contributed by atoms with Gasteiger partial charge in [-0.3, -0.25) is 14.3 Å². The van der Waals surface area contributed by atoms with Gasteiger partial charge in [-0.15, -0.1) is 5.10 Å². The van der Waals surface area contributed by atoms with Gasteiger partial charge in [-0.25, -0.2) is 0 Å². The van der Waals surface area contributed by atoms with Crippen LogP contribution in [-0.2, 0) is 9.59 Å². The van der Waals surface area contributed by atoms with E-state index in [9.17, 15) is 9.59 Å². The highest BCUT2D eigenvalue weighted by Gasteiger charge is 2.43. The molecule has 1 aliphatic rings. The van der Waals surface area contributed by atoms with E-state index >= 15 is 0 Å². The highest BCUT2D eigenvalue weighted by atomic mass is 35.5. The first-order valence-corrected chi connectivity index (χ1v) is 11.1. The molecule has 0 aliphatic carbocycles. The molecule has 10 heteroatoms. The molecule has 3 rings (SSSR count).